The summed E-state index contributed by atoms with van der Waals surface area (Å²) in [6, 6.07) is 0.914. The number of carboxylic acid groups (broad SMARTS) is 1. The van der Waals surface area contributed by atoms with Gasteiger partial charge in [0.15, 0.2) is 0 Å². The monoisotopic (exact) mass is 390 g/mol. The van der Waals surface area contributed by atoms with Crippen LogP contribution in [0, 0.1) is 0 Å². The van der Waals surface area contributed by atoms with Crippen molar-refractivity contribution in [3.05, 3.63) is 11.3 Å². The molecule has 2 N–H and O–H groups in total. The number of piperazine rings is 1. The molecule has 1 aromatic heterocycles. The van der Waals surface area contributed by atoms with Crippen LogP contribution in [-0.4, -0.2) is 89.4 Å². The molecule has 1 aromatic rings. The van der Waals surface area contributed by atoms with Gasteiger partial charge in [-0.05, 0) is 46.3 Å². The highest BCUT2D eigenvalue weighted by Crippen LogP contribution is 2.29. The Labute approximate surface area is 165 Å². The van der Waals surface area contributed by atoms with Gasteiger partial charge in [-0.15, -0.1) is 0 Å². The summed E-state index contributed by atoms with van der Waals surface area (Å²) in [6.07, 6.45) is 2.37. The second-order valence-electron chi connectivity index (χ2n) is 8.04. The van der Waals surface area contributed by atoms with Crippen LogP contribution in [0.3, 0.4) is 0 Å². The molecule has 154 valence electrons. The molecule has 0 unspecified atom stereocenters. The zero-order valence-electron chi connectivity index (χ0n) is 16.7. The minimum atomic E-state index is -0.856. The van der Waals surface area contributed by atoms with E-state index in [-0.39, 0.29) is 6.04 Å². The highest BCUT2D eigenvalue weighted by atomic mass is 16.5. The van der Waals surface area contributed by atoms with Crippen molar-refractivity contribution in [1.82, 2.24) is 25.1 Å². The third kappa shape index (κ3) is 3.86. The zero-order chi connectivity index (χ0) is 19.7. The molecule has 2 atom stereocenters. The molecule has 4 heterocycles. The number of anilines is 1. The highest BCUT2D eigenvalue weighted by molar-refractivity contribution is 5.66. The van der Waals surface area contributed by atoms with Crippen LogP contribution in [0.25, 0.3) is 0 Å². The molecular formula is C19H30N6O3. The molecule has 9 heteroatoms. The Morgan fingerprint density at radius 3 is 2.89 bits per heavy atom. The van der Waals surface area contributed by atoms with Gasteiger partial charge >= 0.3 is 12.1 Å². The number of nitrogens with zero attached hydrogens (tertiary/aromatic N) is 5. The summed E-state index contributed by atoms with van der Waals surface area (Å²) in [5.41, 5.74) is 2.17. The molecule has 0 aromatic carbocycles. The maximum Gasteiger partial charge on any atom is 0.407 e. The Balaban J connectivity index is 1.56. The van der Waals surface area contributed by atoms with Crippen molar-refractivity contribution in [2.75, 3.05) is 51.3 Å². The topological polar surface area (TPSA) is 94.1 Å². The fourth-order valence-corrected chi connectivity index (χ4v) is 4.43. The lowest BCUT2D eigenvalue weighted by atomic mass is 10.0. The van der Waals surface area contributed by atoms with Crippen molar-refractivity contribution in [1.29, 1.82) is 0 Å². The molecule has 0 aliphatic carbocycles. The number of rotatable bonds is 4. The van der Waals surface area contributed by atoms with Gasteiger partial charge in [0, 0.05) is 43.8 Å². The van der Waals surface area contributed by atoms with E-state index in [9.17, 15) is 9.90 Å². The van der Waals surface area contributed by atoms with E-state index in [0.717, 1.165) is 37.4 Å². The normalized spacial score (nSPS) is 25.6. The van der Waals surface area contributed by atoms with E-state index in [1.165, 1.54) is 16.9 Å². The minimum absolute atomic E-state index is 0.0625. The van der Waals surface area contributed by atoms with Gasteiger partial charge in [-0.25, -0.2) is 4.79 Å². The van der Waals surface area contributed by atoms with Crippen molar-refractivity contribution in [3.63, 3.8) is 0 Å². The van der Waals surface area contributed by atoms with E-state index in [0.29, 0.717) is 44.8 Å². The summed E-state index contributed by atoms with van der Waals surface area (Å²) in [6.45, 7) is 6.99. The Bertz CT molecular complexity index is 730. The first-order chi connectivity index (χ1) is 13.5. The first kappa shape index (κ1) is 19.2. The predicted octanol–water partition coefficient (Wildman–Crippen LogP) is 0.784. The van der Waals surface area contributed by atoms with Gasteiger partial charge in [0.05, 0.1) is 5.69 Å². The predicted molar refractivity (Wildman–Crippen MR) is 105 cm³/mol. The largest absolute Gasteiger partial charge is 0.465 e. The van der Waals surface area contributed by atoms with E-state index >= 15 is 0 Å². The van der Waals surface area contributed by atoms with Crippen LogP contribution >= 0.6 is 0 Å². The van der Waals surface area contributed by atoms with Gasteiger partial charge in [-0.2, -0.15) is 9.97 Å². The van der Waals surface area contributed by atoms with Crippen LogP contribution in [-0.2, 0) is 13.0 Å². The number of amides is 1. The molecule has 4 rings (SSSR count). The number of likely N-dealkylation sites (tertiary alicyclic amines) is 1. The van der Waals surface area contributed by atoms with Crippen LogP contribution in [0.1, 0.15) is 31.0 Å². The minimum Gasteiger partial charge on any atom is -0.465 e. The van der Waals surface area contributed by atoms with Crippen LogP contribution < -0.4 is 15.0 Å². The number of aromatic nitrogens is 2. The Kier molecular flexibility index (Phi) is 5.54. The number of fused-ring (bicyclic) bond motifs is 1. The second-order valence-corrected chi connectivity index (χ2v) is 8.04. The van der Waals surface area contributed by atoms with Crippen molar-refractivity contribution in [3.8, 4) is 6.01 Å². The Morgan fingerprint density at radius 2 is 2.18 bits per heavy atom. The maximum atomic E-state index is 11.3. The molecule has 3 aliphatic rings. The average molecular weight is 390 g/mol. The fraction of sp³-hybridized carbons (Fsp3) is 0.737. The average Bonchev–Trinajstić information content (AvgIpc) is 3.10. The van der Waals surface area contributed by atoms with Crippen molar-refractivity contribution in [2.24, 2.45) is 0 Å². The summed E-state index contributed by atoms with van der Waals surface area (Å²) < 4.78 is 6.03. The lowest BCUT2D eigenvalue weighted by molar-refractivity contribution is 0.136. The van der Waals surface area contributed by atoms with E-state index < -0.39 is 6.09 Å². The number of ether oxygens (including phenoxy) is 1. The van der Waals surface area contributed by atoms with E-state index in [1.807, 2.05) is 0 Å². The first-order valence-corrected chi connectivity index (χ1v) is 10.2. The number of likely N-dealkylation sites (N-methyl/N-ethyl adjacent to an activating group) is 1. The van der Waals surface area contributed by atoms with Crippen molar-refractivity contribution < 1.29 is 14.6 Å². The summed E-state index contributed by atoms with van der Waals surface area (Å²) in [4.78, 5) is 26.8. The number of hydrogen-bond acceptors (Lipinski definition) is 7. The lowest BCUT2D eigenvalue weighted by Gasteiger charge is -2.40. The second kappa shape index (κ2) is 8.08. The van der Waals surface area contributed by atoms with Crippen LogP contribution in [0.15, 0.2) is 0 Å². The molecule has 1 amide bonds. The van der Waals surface area contributed by atoms with Crippen molar-refractivity contribution in [2.45, 2.75) is 44.8 Å². The van der Waals surface area contributed by atoms with E-state index in [4.69, 9.17) is 9.72 Å². The maximum absolute atomic E-state index is 11.3. The molecule has 9 nitrogen and oxygen atoms in total. The summed E-state index contributed by atoms with van der Waals surface area (Å²) in [5, 5.41) is 12.7. The van der Waals surface area contributed by atoms with E-state index in [2.05, 4.69) is 34.1 Å². The third-order valence-electron chi connectivity index (χ3n) is 6.14. The molecule has 2 fully saturated rings. The molecule has 0 bridgehead atoms. The standard InChI is InChI=1S/C19H30N6O3/c1-13-11-24(19(26)27)8-9-25(13)17-15-5-6-20-10-16(15)21-18(22-17)28-12-14-4-3-7-23(14)2/h13-14,20H,3-12H2,1-2H3,(H,26,27)/t13-,14+/m1/s1. The van der Waals surface area contributed by atoms with E-state index in [1.54, 1.807) is 0 Å². The van der Waals surface area contributed by atoms with Gasteiger partial charge in [0.25, 0.3) is 0 Å². The Hall–Kier alpha value is -2.13. The molecule has 28 heavy (non-hydrogen) atoms. The SMILES string of the molecule is C[C@@H]1CN(C(=O)O)CCN1c1nc(OC[C@@H]2CCCN2C)nc2c1CCNC2. The van der Waals surface area contributed by atoms with Crippen LogP contribution in [0.5, 0.6) is 6.01 Å². The van der Waals surface area contributed by atoms with Gasteiger partial charge in [0.1, 0.15) is 12.4 Å². The number of carbonyl (C=O) groups is 1. The molecule has 0 saturated carbocycles. The zero-order valence-corrected chi connectivity index (χ0v) is 16.7. The van der Waals surface area contributed by atoms with Gasteiger partial charge in [-0.3, -0.25) is 0 Å². The van der Waals surface area contributed by atoms with Crippen LogP contribution in [0.4, 0.5) is 10.6 Å². The molecule has 3 aliphatic heterocycles. The molecule has 0 spiro atoms. The lowest BCUT2D eigenvalue weighted by Crippen LogP contribution is -2.54. The fourth-order valence-electron chi connectivity index (χ4n) is 4.43. The molecule has 0 radical (unpaired) electrons. The first-order valence-electron chi connectivity index (χ1n) is 10.2. The van der Waals surface area contributed by atoms with Crippen LogP contribution in [0.2, 0.25) is 0 Å². The molecule has 2 saturated heterocycles. The quantitative estimate of drug-likeness (QED) is 0.779. The van der Waals surface area contributed by atoms with Gasteiger partial charge < -0.3 is 29.9 Å². The summed E-state index contributed by atoms with van der Waals surface area (Å²) >= 11 is 0. The van der Waals surface area contributed by atoms with Crippen molar-refractivity contribution >= 4 is 11.9 Å². The number of hydrogen-bond donors (Lipinski definition) is 2. The Morgan fingerprint density at radius 1 is 1.32 bits per heavy atom. The summed E-state index contributed by atoms with van der Waals surface area (Å²) in [7, 11) is 2.13. The van der Waals surface area contributed by atoms with Gasteiger partial charge in [0.2, 0.25) is 0 Å². The smallest absolute Gasteiger partial charge is 0.407 e. The highest BCUT2D eigenvalue weighted by Gasteiger charge is 2.31. The van der Waals surface area contributed by atoms with Gasteiger partial charge in [-0.1, -0.05) is 0 Å². The molecular weight excluding hydrogens is 360 g/mol. The third-order valence-corrected chi connectivity index (χ3v) is 6.14. The number of nitrogens with one attached hydrogen (secondary N) is 1. The summed E-state index contributed by atoms with van der Waals surface area (Å²) in [5.74, 6) is 0.916.